The van der Waals surface area contributed by atoms with Crippen LogP contribution in [0.1, 0.15) is 12.5 Å². The molecule has 1 atom stereocenters. The van der Waals surface area contributed by atoms with E-state index in [9.17, 15) is 0 Å². The van der Waals surface area contributed by atoms with E-state index < -0.39 is 0 Å². The fourth-order valence-electron chi connectivity index (χ4n) is 1.06. The Morgan fingerprint density at radius 3 is 2.67 bits per heavy atom. The van der Waals surface area contributed by atoms with E-state index in [1.54, 1.807) is 0 Å². The summed E-state index contributed by atoms with van der Waals surface area (Å²) in [6.45, 7) is 2.47. The molecule has 4 nitrogen and oxygen atoms in total. The standard InChI is InChI=1S/C10H14ClN3O/c1-7(10(12)14-15)13-6-8-2-4-9(11)5-3-8/h2-5,7,13,15H,6H2,1H3,(H2,12,14). The molecule has 0 bridgehead atoms. The first-order valence-electron chi connectivity index (χ1n) is 4.58. The van der Waals surface area contributed by atoms with Crippen molar-refractivity contribution in [2.24, 2.45) is 10.9 Å². The summed E-state index contributed by atoms with van der Waals surface area (Å²) in [4.78, 5) is 0. The van der Waals surface area contributed by atoms with E-state index in [0.29, 0.717) is 11.6 Å². The maximum atomic E-state index is 8.44. The lowest BCUT2D eigenvalue weighted by Crippen LogP contribution is -2.38. The largest absolute Gasteiger partial charge is 0.409 e. The van der Waals surface area contributed by atoms with Gasteiger partial charge in [-0.15, -0.1) is 0 Å². The average Bonchev–Trinajstić information content (AvgIpc) is 2.26. The van der Waals surface area contributed by atoms with Gasteiger partial charge in [0.1, 0.15) is 0 Å². The molecule has 1 aromatic carbocycles. The maximum absolute atomic E-state index is 8.44. The number of halogens is 1. The number of hydrogen-bond donors (Lipinski definition) is 3. The van der Waals surface area contributed by atoms with Crippen LogP contribution in [0.2, 0.25) is 5.02 Å². The fraction of sp³-hybridized carbons (Fsp3) is 0.300. The van der Waals surface area contributed by atoms with Crippen LogP contribution in [0.25, 0.3) is 0 Å². The molecule has 0 aliphatic heterocycles. The Morgan fingerprint density at radius 2 is 2.13 bits per heavy atom. The van der Waals surface area contributed by atoms with Crippen molar-refractivity contribution in [3.05, 3.63) is 34.9 Å². The summed E-state index contributed by atoms with van der Waals surface area (Å²) in [6, 6.07) is 7.34. The first-order chi connectivity index (χ1) is 7.13. The molecule has 0 amide bonds. The van der Waals surface area contributed by atoms with Crippen molar-refractivity contribution >= 4 is 17.4 Å². The van der Waals surface area contributed by atoms with Crippen LogP contribution in [-0.2, 0) is 6.54 Å². The van der Waals surface area contributed by atoms with Crippen LogP contribution in [0.3, 0.4) is 0 Å². The van der Waals surface area contributed by atoms with Crippen LogP contribution in [0, 0.1) is 0 Å². The summed E-state index contributed by atoms with van der Waals surface area (Å²) in [7, 11) is 0. The van der Waals surface area contributed by atoms with Crippen molar-refractivity contribution in [1.29, 1.82) is 0 Å². The zero-order chi connectivity index (χ0) is 11.3. The van der Waals surface area contributed by atoms with Gasteiger partial charge in [-0.1, -0.05) is 28.9 Å². The quantitative estimate of drug-likeness (QED) is 0.317. The van der Waals surface area contributed by atoms with E-state index >= 15 is 0 Å². The molecule has 0 radical (unpaired) electrons. The van der Waals surface area contributed by atoms with Crippen LogP contribution in [0.15, 0.2) is 29.4 Å². The first-order valence-corrected chi connectivity index (χ1v) is 4.96. The summed E-state index contributed by atoms with van der Waals surface area (Å²) in [5.41, 5.74) is 6.52. The number of nitrogens with one attached hydrogen (secondary N) is 1. The Hall–Kier alpha value is -1.26. The Kier molecular flexibility index (Phi) is 4.39. The van der Waals surface area contributed by atoms with Crippen molar-refractivity contribution in [3.63, 3.8) is 0 Å². The van der Waals surface area contributed by atoms with Gasteiger partial charge in [-0.3, -0.25) is 0 Å². The number of rotatable bonds is 4. The predicted octanol–water partition coefficient (Wildman–Crippen LogP) is 1.56. The molecular weight excluding hydrogens is 214 g/mol. The van der Waals surface area contributed by atoms with E-state index in [0.717, 1.165) is 5.56 Å². The Morgan fingerprint density at radius 1 is 1.53 bits per heavy atom. The first kappa shape index (κ1) is 11.8. The molecule has 1 aromatic rings. The van der Waals surface area contributed by atoms with Crippen molar-refractivity contribution in [3.8, 4) is 0 Å². The topological polar surface area (TPSA) is 70.6 Å². The summed E-state index contributed by atoms with van der Waals surface area (Å²) < 4.78 is 0. The molecule has 0 fully saturated rings. The van der Waals surface area contributed by atoms with Crippen LogP contribution < -0.4 is 11.1 Å². The Bertz CT molecular complexity index is 337. The molecule has 0 saturated carbocycles. The molecule has 0 aliphatic carbocycles. The molecule has 1 rings (SSSR count). The summed E-state index contributed by atoms with van der Waals surface area (Å²) in [5.74, 6) is 0.170. The number of benzene rings is 1. The van der Waals surface area contributed by atoms with Gasteiger partial charge in [-0.25, -0.2) is 0 Å². The predicted molar refractivity (Wildman–Crippen MR) is 61.2 cm³/mol. The number of nitrogens with two attached hydrogens (primary N) is 1. The van der Waals surface area contributed by atoms with Gasteiger partial charge in [0.25, 0.3) is 0 Å². The van der Waals surface area contributed by atoms with Crippen LogP contribution >= 0.6 is 11.6 Å². The minimum atomic E-state index is -0.161. The fourth-order valence-corrected chi connectivity index (χ4v) is 1.19. The number of nitrogens with zero attached hydrogens (tertiary/aromatic N) is 1. The highest BCUT2D eigenvalue weighted by Gasteiger charge is 2.05. The summed E-state index contributed by atoms with van der Waals surface area (Å²) in [5, 5.41) is 15.2. The van der Waals surface area contributed by atoms with Crippen molar-refractivity contribution in [2.45, 2.75) is 19.5 Å². The zero-order valence-corrected chi connectivity index (χ0v) is 9.20. The molecule has 0 saturated heterocycles. The third-order valence-corrected chi connectivity index (χ3v) is 2.34. The third-order valence-electron chi connectivity index (χ3n) is 2.08. The number of amidine groups is 1. The second kappa shape index (κ2) is 5.58. The van der Waals surface area contributed by atoms with Gasteiger partial charge >= 0.3 is 0 Å². The molecular formula is C10H14ClN3O. The second-order valence-electron chi connectivity index (χ2n) is 3.25. The van der Waals surface area contributed by atoms with E-state index in [1.165, 1.54) is 0 Å². The number of hydrogen-bond acceptors (Lipinski definition) is 3. The molecule has 1 unspecified atom stereocenters. The molecule has 0 aliphatic rings. The minimum absolute atomic E-state index is 0.161. The van der Waals surface area contributed by atoms with Crippen molar-refractivity contribution in [1.82, 2.24) is 5.32 Å². The third kappa shape index (κ3) is 3.77. The van der Waals surface area contributed by atoms with Gasteiger partial charge in [0, 0.05) is 11.6 Å². The van der Waals surface area contributed by atoms with Crippen LogP contribution in [0.5, 0.6) is 0 Å². The van der Waals surface area contributed by atoms with Crippen molar-refractivity contribution < 1.29 is 5.21 Å². The van der Waals surface area contributed by atoms with Crippen LogP contribution in [-0.4, -0.2) is 17.1 Å². The average molecular weight is 228 g/mol. The van der Waals surface area contributed by atoms with Gasteiger partial charge in [0.15, 0.2) is 5.84 Å². The molecule has 15 heavy (non-hydrogen) atoms. The molecule has 0 aromatic heterocycles. The highest BCUT2D eigenvalue weighted by molar-refractivity contribution is 6.30. The lowest BCUT2D eigenvalue weighted by Gasteiger charge is -2.11. The highest BCUT2D eigenvalue weighted by atomic mass is 35.5. The normalized spacial score (nSPS) is 13.9. The second-order valence-corrected chi connectivity index (χ2v) is 3.69. The van der Waals surface area contributed by atoms with E-state index in [2.05, 4.69) is 10.5 Å². The maximum Gasteiger partial charge on any atom is 0.156 e. The van der Waals surface area contributed by atoms with Gasteiger partial charge in [0.05, 0.1) is 6.04 Å². The molecule has 4 N–H and O–H groups in total. The summed E-state index contributed by atoms with van der Waals surface area (Å²) >= 11 is 5.75. The minimum Gasteiger partial charge on any atom is -0.409 e. The Labute approximate surface area is 93.7 Å². The SMILES string of the molecule is CC(NCc1ccc(Cl)cc1)C(N)=NO. The van der Waals surface area contributed by atoms with Gasteiger partial charge in [-0.2, -0.15) is 0 Å². The lowest BCUT2D eigenvalue weighted by atomic mass is 10.2. The van der Waals surface area contributed by atoms with E-state index in [4.69, 9.17) is 22.5 Å². The molecule has 0 spiro atoms. The van der Waals surface area contributed by atoms with Gasteiger partial charge in [0.2, 0.25) is 0 Å². The number of oxime groups is 1. The molecule has 82 valence electrons. The van der Waals surface area contributed by atoms with Crippen molar-refractivity contribution in [2.75, 3.05) is 0 Å². The zero-order valence-electron chi connectivity index (χ0n) is 8.44. The van der Waals surface area contributed by atoms with Crippen LogP contribution in [0.4, 0.5) is 0 Å². The van der Waals surface area contributed by atoms with E-state index in [-0.39, 0.29) is 11.9 Å². The highest BCUT2D eigenvalue weighted by Crippen LogP contribution is 2.09. The van der Waals surface area contributed by atoms with E-state index in [1.807, 2.05) is 31.2 Å². The summed E-state index contributed by atoms with van der Waals surface area (Å²) in [6.07, 6.45) is 0. The lowest BCUT2D eigenvalue weighted by molar-refractivity contribution is 0.315. The molecule has 5 heteroatoms. The Balaban J connectivity index is 2.47. The smallest absolute Gasteiger partial charge is 0.156 e. The van der Waals surface area contributed by atoms with Gasteiger partial charge in [-0.05, 0) is 24.6 Å². The van der Waals surface area contributed by atoms with Gasteiger partial charge < -0.3 is 16.3 Å². The molecule has 0 heterocycles. The monoisotopic (exact) mass is 227 g/mol.